The molecule has 4 nitrogen and oxygen atoms in total. The number of hydrogen-bond donors (Lipinski definition) is 2. The summed E-state index contributed by atoms with van der Waals surface area (Å²) in [5, 5.41) is 17.4. The highest BCUT2D eigenvalue weighted by Gasteiger charge is 2.07. The molecule has 0 aromatic carbocycles. The number of carboxylic acid groups (broad SMARTS) is 1. The summed E-state index contributed by atoms with van der Waals surface area (Å²) in [5.74, 6) is -0.611. The van der Waals surface area contributed by atoms with Crippen molar-refractivity contribution in [2.45, 2.75) is 26.4 Å². The van der Waals surface area contributed by atoms with Gasteiger partial charge in [0.05, 0.1) is 12.7 Å². The van der Waals surface area contributed by atoms with Gasteiger partial charge in [0, 0.05) is 0 Å². The third-order valence-electron chi connectivity index (χ3n) is 1.28. The monoisotopic (exact) mass is 176 g/mol. The molecule has 1 atom stereocenters. The Morgan fingerprint density at radius 2 is 2.08 bits per heavy atom. The van der Waals surface area contributed by atoms with Crippen LogP contribution in [0.5, 0.6) is 0 Å². The maximum Gasteiger partial charge on any atom is 0.329 e. The molecule has 0 bridgehead atoms. The topological polar surface area (TPSA) is 66.8 Å². The van der Waals surface area contributed by atoms with Gasteiger partial charge < -0.3 is 14.9 Å². The predicted octanol–water partition coefficient (Wildman–Crippen LogP) is 0.495. The largest absolute Gasteiger partial charge is 0.480 e. The van der Waals surface area contributed by atoms with E-state index in [2.05, 4.69) is 0 Å². The minimum atomic E-state index is -1.01. The Hall–Kier alpha value is -0.610. The maximum atomic E-state index is 10.00. The SMILES string of the molecule is CC(C)CC(O)COCC(=O)O. The average Bonchev–Trinajstić information content (AvgIpc) is 1.84. The Morgan fingerprint density at radius 3 is 2.50 bits per heavy atom. The number of aliphatic hydroxyl groups excluding tert-OH is 1. The van der Waals surface area contributed by atoms with Crippen molar-refractivity contribution in [3.63, 3.8) is 0 Å². The molecule has 72 valence electrons. The predicted molar refractivity (Wildman–Crippen MR) is 43.9 cm³/mol. The van der Waals surface area contributed by atoms with Crippen LogP contribution in [-0.4, -0.2) is 35.5 Å². The second-order valence-corrected chi connectivity index (χ2v) is 3.19. The lowest BCUT2D eigenvalue weighted by Crippen LogP contribution is -2.20. The zero-order valence-electron chi connectivity index (χ0n) is 7.49. The van der Waals surface area contributed by atoms with Crippen LogP contribution in [0.1, 0.15) is 20.3 Å². The molecule has 0 fully saturated rings. The van der Waals surface area contributed by atoms with Gasteiger partial charge in [-0.25, -0.2) is 4.79 Å². The fourth-order valence-electron chi connectivity index (χ4n) is 0.894. The van der Waals surface area contributed by atoms with Crippen LogP contribution in [0.2, 0.25) is 0 Å². The van der Waals surface area contributed by atoms with Crippen molar-refractivity contribution in [2.75, 3.05) is 13.2 Å². The minimum Gasteiger partial charge on any atom is -0.480 e. The van der Waals surface area contributed by atoms with Crippen molar-refractivity contribution in [3.8, 4) is 0 Å². The van der Waals surface area contributed by atoms with Gasteiger partial charge in [-0.1, -0.05) is 13.8 Å². The molecule has 0 rings (SSSR count). The van der Waals surface area contributed by atoms with Crippen molar-refractivity contribution in [3.05, 3.63) is 0 Å². The van der Waals surface area contributed by atoms with Gasteiger partial charge in [-0.15, -0.1) is 0 Å². The first-order chi connectivity index (χ1) is 5.52. The molecule has 2 N–H and O–H groups in total. The van der Waals surface area contributed by atoms with Crippen LogP contribution in [0.15, 0.2) is 0 Å². The standard InChI is InChI=1S/C8H16O4/c1-6(2)3-7(9)4-12-5-8(10)11/h6-7,9H,3-5H2,1-2H3,(H,10,11). The van der Waals surface area contributed by atoms with Crippen LogP contribution in [0, 0.1) is 5.92 Å². The Morgan fingerprint density at radius 1 is 1.50 bits per heavy atom. The van der Waals surface area contributed by atoms with Crippen molar-refractivity contribution >= 4 is 5.97 Å². The highest BCUT2D eigenvalue weighted by molar-refractivity contribution is 5.67. The lowest BCUT2D eigenvalue weighted by atomic mass is 10.1. The van der Waals surface area contributed by atoms with E-state index in [1.165, 1.54) is 0 Å². The van der Waals surface area contributed by atoms with Gasteiger partial charge in [-0.3, -0.25) is 0 Å². The summed E-state index contributed by atoms with van der Waals surface area (Å²) in [6, 6.07) is 0. The summed E-state index contributed by atoms with van der Waals surface area (Å²) < 4.78 is 4.71. The van der Waals surface area contributed by atoms with Gasteiger partial charge >= 0.3 is 5.97 Å². The van der Waals surface area contributed by atoms with Gasteiger partial charge in [-0.2, -0.15) is 0 Å². The van der Waals surface area contributed by atoms with Crippen molar-refractivity contribution in [1.29, 1.82) is 0 Å². The highest BCUT2D eigenvalue weighted by atomic mass is 16.5. The van der Waals surface area contributed by atoms with Gasteiger partial charge in [-0.05, 0) is 12.3 Å². The third-order valence-corrected chi connectivity index (χ3v) is 1.28. The normalized spacial score (nSPS) is 13.3. The molecule has 0 radical (unpaired) electrons. The van der Waals surface area contributed by atoms with E-state index in [0.29, 0.717) is 12.3 Å². The first-order valence-corrected chi connectivity index (χ1v) is 4.00. The quantitative estimate of drug-likeness (QED) is 0.618. The number of ether oxygens (including phenoxy) is 1. The molecule has 0 aliphatic rings. The smallest absolute Gasteiger partial charge is 0.329 e. The van der Waals surface area contributed by atoms with Crippen molar-refractivity contribution in [2.24, 2.45) is 5.92 Å². The molecule has 12 heavy (non-hydrogen) atoms. The van der Waals surface area contributed by atoms with Crippen LogP contribution in [-0.2, 0) is 9.53 Å². The van der Waals surface area contributed by atoms with Crippen molar-refractivity contribution in [1.82, 2.24) is 0 Å². The first-order valence-electron chi connectivity index (χ1n) is 4.00. The summed E-state index contributed by atoms with van der Waals surface area (Å²) in [7, 11) is 0. The minimum absolute atomic E-state index is 0.102. The second-order valence-electron chi connectivity index (χ2n) is 3.19. The van der Waals surface area contributed by atoms with E-state index < -0.39 is 12.1 Å². The zero-order chi connectivity index (χ0) is 9.56. The van der Waals surface area contributed by atoms with E-state index in [4.69, 9.17) is 9.84 Å². The molecule has 0 aromatic rings. The number of carboxylic acids is 1. The summed E-state index contributed by atoms with van der Waals surface area (Å²) in [5.41, 5.74) is 0. The Kier molecular flexibility index (Phi) is 5.66. The molecule has 0 saturated heterocycles. The Labute approximate surface area is 72.2 Å². The average molecular weight is 176 g/mol. The molecule has 0 aliphatic heterocycles. The number of aliphatic hydroxyl groups is 1. The Balaban J connectivity index is 3.31. The second kappa shape index (κ2) is 5.97. The van der Waals surface area contributed by atoms with Crippen LogP contribution in [0.3, 0.4) is 0 Å². The molecule has 0 saturated carbocycles. The molecular formula is C8H16O4. The van der Waals surface area contributed by atoms with Gasteiger partial charge in [0.15, 0.2) is 0 Å². The fourth-order valence-corrected chi connectivity index (χ4v) is 0.894. The van der Waals surface area contributed by atoms with Crippen LogP contribution < -0.4 is 0 Å². The molecule has 0 spiro atoms. The molecule has 0 amide bonds. The summed E-state index contributed by atoms with van der Waals surface area (Å²) in [6.45, 7) is 3.74. The van der Waals surface area contributed by atoms with E-state index >= 15 is 0 Å². The van der Waals surface area contributed by atoms with Gasteiger partial charge in [0.25, 0.3) is 0 Å². The van der Waals surface area contributed by atoms with Gasteiger partial charge in [0.1, 0.15) is 6.61 Å². The highest BCUT2D eigenvalue weighted by Crippen LogP contribution is 2.04. The fraction of sp³-hybridized carbons (Fsp3) is 0.875. The Bertz CT molecular complexity index is 133. The summed E-state index contributed by atoms with van der Waals surface area (Å²) in [4.78, 5) is 10.00. The van der Waals surface area contributed by atoms with Gasteiger partial charge in [0.2, 0.25) is 0 Å². The van der Waals surface area contributed by atoms with Crippen LogP contribution in [0.25, 0.3) is 0 Å². The van der Waals surface area contributed by atoms with E-state index in [1.807, 2.05) is 13.8 Å². The molecule has 1 unspecified atom stereocenters. The molecule has 4 heteroatoms. The maximum absolute atomic E-state index is 10.00. The van der Waals surface area contributed by atoms with E-state index in [1.54, 1.807) is 0 Å². The lowest BCUT2D eigenvalue weighted by Gasteiger charge is -2.11. The molecule has 0 aromatic heterocycles. The number of hydrogen-bond acceptors (Lipinski definition) is 3. The molecule has 0 aliphatic carbocycles. The van der Waals surface area contributed by atoms with E-state index in [-0.39, 0.29) is 13.2 Å². The number of rotatable bonds is 6. The van der Waals surface area contributed by atoms with E-state index in [9.17, 15) is 9.90 Å². The summed E-state index contributed by atoms with van der Waals surface area (Å²) in [6.07, 6.45) is 0.0870. The molecule has 0 heterocycles. The zero-order valence-corrected chi connectivity index (χ0v) is 7.49. The third kappa shape index (κ3) is 7.50. The van der Waals surface area contributed by atoms with Crippen LogP contribution in [0.4, 0.5) is 0 Å². The first kappa shape index (κ1) is 11.4. The lowest BCUT2D eigenvalue weighted by molar-refractivity contribution is -0.143. The number of aliphatic carboxylic acids is 1. The summed E-state index contributed by atoms with van der Waals surface area (Å²) >= 11 is 0. The van der Waals surface area contributed by atoms with E-state index in [0.717, 1.165) is 0 Å². The molecular weight excluding hydrogens is 160 g/mol. The number of carbonyl (C=O) groups is 1. The van der Waals surface area contributed by atoms with Crippen molar-refractivity contribution < 1.29 is 19.7 Å². The van der Waals surface area contributed by atoms with Crippen LogP contribution >= 0.6 is 0 Å².